The molecule has 0 amide bonds. The van der Waals surface area contributed by atoms with Gasteiger partial charge in [0.05, 0.1) is 10.8 Å². The van der Waals surface area contributed by atoms with Gasteiger partial charge in [0.2, 0.25) is 10.0 Å². The lowest BCUT2D eigenvalue weighted by molar-refractivity contribution is 0.257. The Kier molecular flexibility index (Phi) is 4.62. The summed E-state index contributed by atoms with van der Waals surface area (Å²) in [5, 5.41) is 0. The first kappa shape index (κ1) is 15.7. The first-order valence-corrected chi connectivity index (χ1v) is 10.2. The third-order valence-corrected chi connectivity index (χ3v) is 8.06. The maximum absolute atomic E-state index is 12.9. The average molecular weight is 349 g/mol. The van der Waals surface area contributed by atoms with Crippen molar-refractivity contribution in [3.8, 4) is 0 Å². The number of hydrogen-bond acceptors (Lipinski definition) is 4. The van der Waals surface area contributed by atoms with Gasteiger partial charge in [-0.15, -0.1) is 22.9 Å². The SMILES string of the molecule is Cc1sc(CCl)cc1S(=O)(=O)N1CCCN2CCCC2C1. The predicted molar refractivity (Wildman–Crippen MR) is 86.6 cm³/mol. The molecule has 1 atom stereocenters. The van der Waals surface area contributed by atoms with Crippen molar-refractivity contribution in [2.45, 2.75) is 43.0 Å². The third-order valence-electron chi connectivity index (χ3n) is 4.44. The Morgan fingerprint density at radius 2 is 2.10 bits per heavy atom. The molecular formula is C14H21ClN2O2S2. The normalized spacial score (nSPS) is 25.0. The van der Waals surface area contributed by atoms with E-state index in [0.717, 1.165) is 35.7 Å². The van der Waals surface area contributed by atoms with Crippen LogP contribution in [0.2, 0.25) is 0 Å². The second-order valence-electron chi connectivity index (χ2n) is 5.82. The fourth-order valence-electron chi connectivity index (χ4n) is 3.38. The smallest absolute Gasteiger partial charge is 0.244 e. The molecule has 1 aromatic rings. The summed E-state index contributed by atoms with van der Waals surface area (Å²) in [6, 6.07) is 2.15. The van der Waals surface area contributed by atoms with Gasteiger partial charge in [-0.1, -0.05) is 0 Å². The zero-order valence-electron chi connectivity index (χ0n) is 12.2. The summed E-state index contributed by atoms with van der Waals surface area (Å²) in [5.74, 6) is 0.372. The molecule has 0 aliphatic carbocycles. The van der Waals surface area contributed by atoms with Crippen LogP contribution in [0.25, 0.3) is 0 Å². The van der Waals surface area contributed by atoms with Crippen LogP contribution >= 0.6 is 22.9 Å². The van der Waals surface area contributed by atoms with Crippen LogP contribution in [0.5, 0.6) is 0 Å². The van der Waals surface area contributed by atoms with Crippen LogP contribution in [-0.4, -0.2) is 49.8 Å². The van der Waals surface area contributed by atoms with E-state index in [4.69, 9.17) is 11.6 Å². The number of hydrogen-bond donors (Lipinski definition) is 0. The Hall–Kier alpha value is -0.140. The van der Waals surface area contributed by atoms with E-state index in [0.29, 0.717) is 29.9 Å². The highest BCUT2D eigenvalue weighted by Gasteiger charge is 2.35. The Balaban J connectivity index is 1.88. The van der Waals surface area contributed by atoms with E-state index in [1.165, 1.54) is 17.8 Å². The number of sulfonamides is 1. The summed E-state index contributed by atoms with van der Waals surface area (Å²) in [5.41, 5.74) is 0. The highest BCUT2D eigenvalue weighted by Crippen LogP contribution is 2.31. The largest absolute Gasteiger partial charge is 0.299 e. The van der Waals surface area contributed by atoms with Gasteiger partial charge in [0.25, 0.3) is 0 Å². The standard InChI is InChI=1S/C14H21ClN2O2S2/c1-11-14(8-13(9-15)20-11)21(18,19)17-7-3-6-16-5-2-4-12(16)10-17/h8,12H,2-7,9-10H2,1H3. The quantitative estimate of drug-likeness (QED) is 0.788. The number of halogens is 1. The molecule has 0 radical (unpaired) electrons. The molecular weight excluding hydrogens is 328 g/mol. The van der Waals surface area contributed by atoms with Gasteiger partial charge < -0.3 is 0 Å². The Bertz CT molecular complexity index is 614. The van der Waals surface area contributed by atoms with Gasteiger partial charge >= 0.3 is 0 Å². The van der Waals surface area contributed by atoms with Crippen LogP contribution in [0.1, 0.15) is 29.0 Å². The lowest BCUT2D eigenvalue weighted by Gasteiger charge is -2.25. The maximum atomic E-state index is 12.9. The number of thiophene rings is 1. The van der Waals surface area contributed by atoms with Crippen molar-refractivity contribution >= 4 is 33.0 Å². The monoisotopic (exact) mass is 348 g/mol. The van der Waals surface area contributed by atoms with Gasteiger partial charge in [0.15, 0.2) is 0 Å². The van der Waals surface area contributed by atoms with E-state index in [9.17, 15) is 8.42 Å². The van der Waals surface area contributed by atoms with Crippen LogP contribution in [0, 0.1) is 6.92 Å². The van der Waals surface area contributed by atoms with Gasteiger partial charge in [0, 0.05) is 28.9 Å². The molecule has 21 heavy (non-hydrogen) atoms. The average Bonchev–Trinajstić information content (AvgIpc) is 2.99. The summed E-state index contributed by atoms with van der Waals surface area (Å²) >= 11 is 7.32. The second kappa shape index (κ2) is 6.16. The van der Waals surface area contributed by atoms with Gasteiger partial charge in [-0.05, 0) is 45.3 Å². The number of nitrogens with zero attached hydrogens (tertiary/aromatic N) is 2. The molecule has 2 saturated heterocycles. The first-order chi connectivity index (χ1) is 10.0. The lowest BCUT2D eigenvalue weighted by atomic mass is 10.2. The van der Waals surface area contributed by atoms with Gasteiger partial charge in [-0.3, -0.25) is 4.90 Å². The molecule has 1 unspecified atom stereocenters. The fourth-order valence-corrected chi connectivity index (χ4v) is 6.59. The Morgan fingerprint density at radius 3 is 2.81 bits per heavy atom. The molecule has 118 valence electrons. The van der Waals surface area contributed by atoms with E-state index in [2.05, 4.69) is 4.90 Å². The van der Waals surface area contributed by atoms with Crippen molar-refractivity contribution in [3.05, 3.63) is 15.8 Å². The zero-order chi connectivity index (χ0) is 15.0. The molecule has 0 aromatic carbocycles. The summed E-state index contributed by atoms with van der Waals surface area (Å²) < 4.78 is 27.6. The van der Waals surface area contributed by atoms with Crippen molar-refractivity contribution in [1.82, 2.24) is 9.21 Å². The molecule has 0 saturated carbocycles. The number of rotatable bonds is 3. The number of alkyl halides is 1. The van der Waals surface area contributed by atoms with Crippen LogP contribution in [0.4, 0.5) is 0 Å². The van der Waals surface area contributed by atoms with Crippen molar-refractivity contribution in [1.29, 1.82) is 0 Å². The topological polar surface area (TPSA) is 40.6 Å². The summed E-state index contributed by atoms with van der Waals surface area (Å²) in [7, 11) is -3.39. The maximum Gasteiger partial charge on any atom is 0.244 e. The molecule has 0 bridgehead atoms. The molecule has 3 rings (SSSR count). The van der Waals surface area contributed by atoms with Gasteiger partial charge in [0.1, 0.15) is 0 Å². The van der Waals surface area contributed by atoms with Crippen molar-refractivity contribution < 1.29 is 8.42 Å². The van der Waals surface area contributed by atoms with Crippen LogP contribution in [-0.2, 0) is 15.9 Å². The Morgan fingerprint density at radius 1 is 1.33 bits per heavy atom. The Labute approximate surface area is 135 Å². The molecule has 7 heteroatoms. The molecule has 0 N–H and O–H groups in total. The third kappa shape index (κ3) is 3.01. The molecule has 1 aromatic heterocycles. The minimum Gasteiger partial charge on any atom is -0.299 e. The van der Waals surface area contributed by atoms with E-state index in [-0.39, 0.29) is 0 Å². The van der Waals surface area contributed by atoms with E-state index < -0.39 is 10.0 Å². The van der Waals surface area contributed by atoms with Crippen LogP contribution in [0.15, 0.2) is 11.0 Å². The lowest BCUT2D eigenvalue weighted by Crippen LogP contribution is -2.39. The van der Waals surface area contributed by atoms with Gasteiger partial charge in [-0.2, -0.15) is 4.31 Å². The molecule has 0 spiro atoms. The molecule has 2 aliphatic rings. The summed E-state index contributed by atoms with van der Waals surface area (Å²) in [6.45, 7) is 5.26. The van der Waals surface area contributed by atoms with Crippen molar-refractivity contribution in [2.24, 2.45) is 0 Å². The van der Waals surface area contributed by atoms with E-state index in [1.807, 2.05) is 6.92 Å². The second-order valence-corrected chi connectivity index (χ2v) is 9.33. The first-order valence-electron chi connectivity index (χ1n) is 7.42. The highest BCUT2D eigenvalue weighted by atomic mass is 35.5. The van der Waals surface area contributed by atoms with E-state index >= 15 is 0 Å². The van der Waals surface area contributed by atoms with E-state index in [1.54, 1.807) is 10.4 Å². The predicted octanol–water partition coefficient (Wildman–Crippen LogP) is 2.65. The van der Waals surface area contributed by atoms with Crippen molar-refractivity contribution in [3.63, 3.8) is 0 Å². The summed E-state index contributed by atoms with van der Waals surface area (Å²) in [6.07, 6.45) is 3.22. The number of fused-ring (bicyclic) bond motifs is 1. The minimum atomic E-state index is -3.39. The fraction of sp³-hybridized carbons (Fsp3) is 0.714. The summed E-state index contributed by atoms with van der Waals surface area (Å²) in [4.78, 5) is 4.66. The van der Waals surface area contributed by atoms with Crippen molar-refractivity contribution in [2.75, 3.05) is 26.2 Å². The molecule has 2 fully saturated rings. The van der Waals surface area contributed by atoms with Crippen LogP contribution < -0.4 is 0 Å². The molecule has 2 aliphatic heterocycles. The minimum absolute atomic E-state index is 0.372. The zero-order valence-corrected chi connectivity index (χ0v) is 14.6. The highest BCUT2D eigenvalue weighted by molar-refractivity contribution is 7.89. The molecule has 3 heterocycles. The van der Waals surface area contributed by atoms with Gasteiger partial charge in [-0.25, -0.2) is 8.42 Å². The van der Waals surface area contributed by atoms with Crippen LogP contribution in [0.3, 0.4) is 0 Å². The number of aryl methyl sites for hydroxylation is 1. The molecule has 4 nitrogen and oxygen atoms in total.